The lowest BCUT2D eigenvalue weighted by Gasteiger charge is -2.00. The smallest absolute Gasteiger partial charge is 0.153 e. The van der Waals surface area contributed by atoms with Crippen molar-refractivity contribution in [1.29, 1.82) is 0 Å². The first-order valence-corrected chi connectivity index (χ1v) is 6.63. The monoisotopic (exact) mass is 275 g/mol. The van der Waals surface area contributed by atoms with E-state index in [2.05, 4.69) is 12.2 Å². The quantitative estimate of drug-likeness (QED) is 0.764. The van der Waals surface area contributed by atoms with Crippen LogP contribution in [0.5, 0.6) is 0 Å². The summed E-state index contributed by atoms with van der Waals surface area (Å²) in [7, 11) is 0. The van der Waals surface area contributed by atoms with E-state index >= 15 is 0 Å². The van der Waals surface area contributed by atoms with E-state index < -0.39 is 0 Å². The summed E-state index contributed by atoms with van der Waals surface area (Å²) < 4.78 is 11.3. The van der Waals surface area contributed by atoms with Gasteiger partial charge in [-0.25, -0.2) is 0 Å². The second-order valence-electron chi connectivity index (χ2n) is 4.31. The Morgan fingerprint density at radius 3 is 2.95 bits per heavy atom. The van der Waals surface area contributed by atoms with Crippen LogP contribution in [0.25, 0.3) is 22.3 Å². The number of para-hydroxylation sites is 1. The summed E-state index contributed by atoms with van der Waals surface area (Å²) in [5, 5.41) is 4.87. The molecule has 0 aliphatic carbocycles. The third kappa shape index (κ3) is 2.27. The molecule has 0 atom stereocenters. The Bertz CT molecular complexity index is 699. The topological polar surface area (TPSA) is 38.3 Å². The second kappa shape index (κ2) is 5.11. The molecule has 4 heteroatoms. The second-order valence-corrected chi connectivity index (χ2v) is 4.71. The van der Waals surface area contributed by atoms with Crippen molar-refractivity contribution in [1.82, 2.24) is 5.32 Å². The molecule has 3 aromatic rings. The SMILES string of the molecule is CCNCc1occc1-c1cc2cccc(Cl)c2o1. The number of hydrogen-bond donors (Lipinski definition) is 1. The molecule has 0 radical (unpaired) electrons. The molecule has 2 heterocycles. The van der Waals surface area contributed by atoms with Crippen LogP contribution in [0, 0.1) is 0 Å². The first-order valence-electron chi connectivity index (χ1n) is 6.25. The highest BCUT2D eigenvalue weighted by molar-refractivity contribution is 6.34. The molecule has 0 spiro atoms. The summed E-state index contributed by atoms with van der Waals surface area (Å²) in [6, 6.07) is 9.63. The molecule has 3 nitrogen and oxygen atoms in total. The number of fused-ring (bicyclic) bond motifs is 1. The molecule has 19 heavy (non-hydrogen) atoms. The molecule has 0 amide bonds. The molecule has 0 saturated heterocycles. The maximum atomic E-state index is 6.13. The van der Waals surface area contributed by atoms with Gasteiger partial charge in [-0.3, -0.25) is 0 Å². The zero-order valence-electron chi connectivity index (χ0n) is 10.6. The van der Waals surface area contributed by atoms with Crippen LogP contribution in [0.2, 0.25) is 5.02 Å². The fourth-order valence-corrected chi connectivity index (χ4v) is 2.32. The maximum Gasteiger partial charge on any atom is 0.153 e. The molecule has 98 valence electrons. The van der Waals surface area contributed by atoms with Crippen molar-refractivity contribution in [2.24, 2.45) is 0 Å². The van der Waals surface area contributed by atoms with Crippen molar-refractivity contribution < 1.29 is 8.83 Å². The molecule has 1 N–H and O–H groups in total. The van der Waals surface area contributed by atoms with E-state index in [1.54, 1.807) is 6.26 Å². The van der Waals surface area contributed by atoms with Gasteiger partial charge < -0.3 is 14.2 Å². The standard InChI is InChI=1S/C15H14ClNO2/c1-2-17-9-14-11(6-7-18-14)13-8-10-4-3-5-12(16)15(10)19-13/h3-8,17H,2,9H2,1H3. The van der Waals surface area contributed by atoms with Crippen LogP contribution in [0.3, 0.4) is 0 Å². The molecule has 0 fully saturated rings. The van der Waals surface area contributed by atoms with Crippen LogP contribution in [0.4, 0.5) is 0 Å². The first-order chi connectivity index (χ1) is 9.29. The predicted octanol–water partition coefficient (Wildman–Crippen LogP) is 4.46. The van der Waals surface area contributed by atoms with Crippen molar-refractivity contribution in [3.05, 3.63) is 47.4 Å². The van der Waals surface area contributed by atoms with Crippen LogP contribution >= 0.6 is 11.6 Å². The molecule has 0 aliphatic heterocycles. The van der Waals surface area contributed by atoms with E-state index in [1.807, 2.05) is 30.3 Å². The lowest BCUT2D eigenvalue weighted by Crippen LogP contribution is -2.11. The van der Waals surface area contributed by atoms with Gasteiger partial charge in [-0.15, -0.1) is 0 Å². The Labute approximate surface area is 116 Å². The van der Waals surface area contributed by atoms with Gasteiger partial charge in [-0.1, -0.05) is 30.7 Å². The van der Waals surface area contributed by atoms with Crippen molar-refractivity contribution in [2.75, 3.05) is 6.54 Å². The fourth-order valence-electron chi connectivity index (χ4n) is 2.10. The van der Waals surface area contributed by atoms with E-state index in [4.69, 9.17) is 20.4 Å². The van der Waals surface area contributed by atoms with Gasteiger partial charge in [0.05, 0.1) is 23.4 Å². The largest absolute Gasteiger partial charge is 0.467 e. The summed E-state index contributed by atoms with van der Waals surface area (Å²) in [5.74, 6) is 1.65. The molecule has 1 aromatic carbocycles. The Morgan fingerprint density at radius 2 is 2.16 bits per heavy atom. The van der Waals surface area contributed by atoms with E-state index in [0.717, 1.165) is 34.6 Å². The summed E-state index contributed by atoms with van der Waals surface area (Å²) in [5.41, 5.74) is 1.68. The third-order valence-corrected chi connectivity index (χ3v) is 3.34. The van der Waals surface area contributed by atoms with Gasteiger partial charge in [0.25, 0.3) is 0 Å². The van der Waals surface area contributed by atoms with Crippen LogP contribution in [-0.4, -0.2) is 6.54 Å². The molecule has 3 rings (SSSR count). The van der Waals surface area contributed by atoms with Crippen molar-refractivity contribution in [3.8, 4) is 11.3 Å². The number of benzene rings is 1. The average molecular weight is 276 g/mol. The van der Waals surface area contributed by atoms with Crippen LogP contribution in [0.15, 0.2) is 45.4 Å². The number of hydrogen-bond acceptors (Lipinski definition) is 3. The van der Waals surface area contributed by atoms with Gasteiger partial charge in [0.15, 0.2) is 5.58 Å². The minimum atomic E-state index is 0.625. The highest BCUT2D eigenvalue weighted by Gasteiger charge is 2.14. The molecule has 0 bridgehead atoms. The zero-order chi connectivity index (χ0) is 13.2. The van der Waals surface area contributed by atoms with Crippen LogP contribution in [-0.2, 0) is 6.54 Å². The van der Waals surface area contributed by atoms with E-state index in [1.165, 1.54) is 0 Å². The van der Waals surface area contributed by atoms with Crippen molar-refractivity contribution in [3.63, 3.8) is 0 Å². The molecular weight excluding hydrogens is 262 g/mol. The van der Waals surface area contributed by atoms with Crippen molar-refractivity contribution in [2.45, 2.75) is 13.5 Å². The Morgan fingerprint density at radius 1 is 1.26 bits per heavy atom. The number of rotatable bonds is 4. The van der Waals surface area contributed by atoms with Crippen LogP contribution < -0.4 is 5.32 Å². The lowest BCUT2D eigenvalue weighted by atomic mass is 10.2. The Balaban J connectivity index is 2.04. The highest BCUT2D eigenvalue weighted by atomic mass is 35.5. The van der Waals surface area contributed by atoms with Gasteiger partial charge in [-0.05, 0) is 24.7 Å². The van der Waals surface area contributed by atoms with Gasteiger partial charge >= 0.3 is 0 Å². The van der Waals surface area contributed by atoms with E-state index in [-0.39, 0.29) is 0 Å². The lowest BCUT2D eigenvalue weighted by molar-refractivity contribution is 0.487. The maximum absolute atomic E-state index is 6.13. The zero-order valence-corrected chi connectivity index (χ0v) is 11.3. The fraction of sp³-hybridized carbons (Fsp3) is 0.200. The number of furan rings is 2. The average Bonchev–Trinajstić information content (AvgIpc) is 3.02. The predicted molar refractivity (Wildman–Crippen MR) is 76.3 cm³/mol. The number of halogens is 1. The molecule has 2 aromatic heterocycles. The molecule has 0 unspecified atom stereocenters. The number of nitrogens with one attached hydrogen (secondary N) is 1. The summed E-state index contributed by atoms with van der Waals surface area (Å²) in [6.45, 7) is 3.64. The highest BCUT2D eigenvalue weighted by Crippen LogP contribution is 2.33. The minimum absolute atomic E-state index is 0.625. The van der Waals surface area contributed by atoms with Crippen LogP contribution in [0.1, 0.15) is 12.7 Å². The van der Waals surface area contributed by atoms with Gasteiger partial charge in [0.2, 0.25) is 0 Å². The summed E-state index contributed by atoms with van der Waals surface area (Å²) in [4.78, 5) is 0. The third-order valence-electron chi connectivity index (χ3n) is 3.04. The van der Waals surface area contributed by atoms with Gasteiger partial charge in [0, 0.05) is 5.39 Å². The van der Waals surface area contributed by atoms with Gasteiger partial charge in [-0.2, -0.15) is 0 Å². The molecule has 0 saturated carbocycles. The molecule has 0 aliphatic rings. The summed E-state index contributed by atoms with van der Waals surface area (Å²) in [6.07, 6.45) is 1.68. The summed E-state index contributed by atoms with van der Waals surface area (Å²) >= 11 is 6.13. The molecular formula is C15H14ClNO2. The Kier molecular flexibility index (Phi) is 3.32. The normalized spacial score (nSPS) is 11.3. The Hall–Kier alpha value is -1.71. The van der Waals surface area contributed by atoms with Crippen molar-refractivity contribution >= 4 is 22.6 Å². The van der Waals surface area contributed by atoms with Gasteiger partial charge in [0.1, 0.15) is 11.5 Å². The van der Waals surface area contributed by atoms with E-state index in [9.17, 15) is 0 Å². The minimum Gasteiger partial charge on any atom is -0.467 e. The first kappa shape index (κ1) is 12.3. The van der Waals surface area contributed by atoms with E-state index in [0.29, 0.717) is 11.6 Å².